The Labute approximate surface area is 201 Å². The maximum Gasteiger partial charge on any atom is 0.244 e. The van der Waals surface area contributed by atoms with Crippen LogP contribution in [0, 0.1) is 0 Å². The van der Waals surface area contributed by atoms with Crippen LogP contribution in [0.25, 0.3) is 6.08 Å². The molecule has 2 N–H and O–H groups in total. The minimum absolute atomic E-state index is 0.160. The molecule has 1 heterocycles. The molecular weight excluding hydrogens is 462 g/mol. The molecule has 172 valence electrons. The fraction of sp³-hybridized carbons (Fsp3) is 0.217. The van der Waals surface area contributed by atoms with Crippen LogP contribution in [0.4, 0.5) is 5.69 Å². The van der Waals surface area contributed by atoms with Crippen molar-refractivity contribution in [2.24, 2.45) is 7.05 Å². The Kier molecular flexibility index (Phi) is 8.91. The van der Waals surface area contributed by atoms with E-state index in [2.05, 4.69) is 20.8 Å². The number of amides is 2. The SMILES string of the molecule is CCOc1ccc(NC(=O)CSc2nnc(CNC(=O)/C=C/c3ccccc3Cl)n2C)cc1. The maximum absolute atomic E-state index is 12.2. The summed E-state index contributed by atoms with van der Waals surface area (Å²) < 4.78 is 7.13. The summed E-state index contributed by atoms with van der Waals surface area (Å²) in [4.78, 5) is 24.3. The summed E-state index contributed by atoms with van der Waals surface area (Å²) >= 11 is 7.34. The van der Waals surface area contributed by atoms with Gasteiger partial charge in [0.15, 0.2) is 11.0 Å². The smallest absolute Gasteiger partial charge is 0.244 e. The molecule has 0 aliphatic carbocycles. The summed E-state index contributed by atoms with van der Waals surface area (Å²) in [7, 11) is 1.79. The summed E-state index contributed by atoms with van der Waals surface area (Å²) in [5, 5.41) is 14.9. The molecule has 10 heteroatoms. The fourth-order valence-electron chi connectivity index (χ4n) is 2.75. The molecule has 3 rings (SSSR count). The Hall–Kier alpha value is -3.30. The molecule has 1 aromatic heterocycles. The number of benzene rings is 2. The van der Waals surface area contributed by atoms with Gasteiger partial charge in [-0.05, 0) is 48.9 Å². The van der Waals surface area contributed by atoms with Crippen LogP contribution >= 0.6 is 23.4 Å². The van der Waals surface area contributed by atoms with Crippen LogP contribution < -0.4 is 15.4 Å². The van der Waals surface area contributed by atoms with E-state index in [-0.39, 0.29) is 24.1 Å². The minimum atomic E-state index is -0.276. The van der Waals surface area contributed by atoms with Gasteiger partial charge in [-0.1, -0.05) is 41.6 Å². The quantitative estimate of drug-likeness (QED) is 0.333. The zero-order chi connectivity index (χ0) is 23.6. The molecular formula is C23H24ClN5O3S. The number of halogens is 1. The second-order valence-corrected chi connectivity index (χ2v) is 8.17. The highest BCUT2D eigenvalue weighted by Gasteiger charge is 2.12. The van der Waals surface area contributed by atoms with E-state index < -0.39 is 0 Å². The Morgan fingerprint density at radius 2 is 1.91 bits per heavy atom. The van der Waals surface area contributed by atoms with Gasteiger partial charge in [-0.15, -0.1) is 10.2 Å². The largest absolute Gasteiger partial charge is 0.494 e. The second kappa shape index (κ2) is 12.1. The Morgan fingerprint density at radius 3 is 2.64 bits per heavy atom. The number of rotatable bonds is 10. The van der Waals surface area contributed by atoms with Gasteiger partial charge in [-0.2, -0.15) is 0 Å². The van der Waals surface area contributed by atoms with Gasteiger partial charge in [0.05, 0.1) is 18.9 Å². The van der Waals surface area contributed by atoms with Crippen molar-refractivity contribution >= 4 is 46.9 Å². The molecule has 2 aromatic carbocycles. The maximum atomic E-state index is 12.2. The summed E-state index contributed by atoms with van der Waals surface area (Å²) in [6.07, 6.45) is 3.07. The molecule has 0 bridgehead atoms. The van der Waals surface area contributed by atoms with E-state index in [4.69, 9.17) is 16.3 Å². The molecule has 0 aliphatic rings. The lowest BCUT2D eigenvalue weighted by atomic mass is 10.2. The van der Waals surface area contributed by atoms with Gasteiger partial charge in [-0.3, -0.25) is 9.59 Å². The number of aromatic nitrogens is 3. The van der Waals surface area contributed by atoms with E-state index in [9.17, 15) is 9.59 Å². The topological polar surface area (TPSA) is 98.1 Å². The lowest BCUT2D eigenvalue weighted by Gasteiger charge is -2.07. The highest BCUT2D eigenvalue weighted by atomic mass is 35.5. The third-order valence-electron chi connectivity index (χ3n) is 4.45. The summed E-state index contributed by atoms with van der Waals surface area (Å²) in [5.41, 5.74) is 1.45. The lowest BCUT2D eigenvalue weighted by molar-refractivity contribution is -0.116. The number of ether oxygens (including phenoxy) is 1. The van der Waals surface area contributed by atoms with Crippen molar-refractivity contribution in [2.75, 3.05) is 17.7 Å². The third-order valence-corrected chi connectivity index (χ3v) is 5.81. The molecule has 0 atom stereocenters. The first-order chi connectivity index (χ1) is 16.0. The van der Waals surface area contributed by atoms with Crippen molar-refractivity contribution in [1.82, 2.24) is 20.1 Å². The fourth-order valence-corrected chi connectivity index (χ4v) is 3.68. The normalized spacial score (nSPS) is 10.9. The van der Waals surface area contributed by atoms with Gasteiger partial charge in [0.25, 0.3) is 0 Å². The third kappa shape index (κ3) is 7.37. The average molecular weight is 486 g/mol. The van der Waals surface area contributed by atoms with Crippen molar-refractivity contribution in [3.63, 3.8) is 0 Å². The first-order valence-corrected chi connectivity index (χ1v) is 11.6. The predicted molar refractivity (Wildman–Crippen MR) is 130 cm³/mol. The number of hydrogen-bond donors (Lipinski definition) is 2. The summed E-state index contributed by atoms with van der Waals surface area (Å²) in [5.74, 6) is 1.06. The van der Waals surface area contributed by atoms with Gasteiger partial charge in [0.1, 0.15) is 5.75 Å². The molecule has 33 heavy (non-hydrogen) atoms. The van der Waals surface area contributed by atoms with E-state index in [0.717, 1.165) is 11.3 Å². The van der Waals surface area contributed by atoms with E-state index in [1.54, 1.807) is 48.0 Å². The molecule has 0 saturated heterocycles. The van der Waals surface area contributed by atoms with E-state index in [0.29, 0.717) is 28.3 Å². The molecule has 2 amide bonds. The van der Waals surface area contributed by atoms with Crippen LogP contribution in [0.5, 0.6) is 5.75 Å². The lowest BCUT2D eigenvalue weighted by Crippen LogP contribution is -2.22. The molecule has 8 nitrogen and oxygen atoms in total. The number of anilines is 1. The Balaban J connectivity index is 1.46. The van der Waals surface area contributed by atoms with Gasteiger partial charge in [0, 0.05) is 23.8 Å². The number of carbonyl (C=O) groups excluding carboxylic acids is 2. The van der Waals surface area contributed by atoms with Crippen LogP contribution in [-0.2, 0) is 23.2 Å². The minimum Gasteiger partial charge on any atom is -0.494 e. The second-order valence-electron chi connectivity index (χ2n) is 6.82. The predicted octanol–water partition coefficient (Wildman–Crippen LogP) is 3.93. The molecule has 0 fully saturated rings. The number of nitrogens with zero attached hydrogens (tertiary/aromatic N) is 3. The molecule has 0 spiro atoms. The van der Waals surface area contributed by atoms with Crippen LogP contribution in [0.15, 0.2) is 59.8 Å². The van der Waals surface area contributed by atoms with E-state index >= 15 is 0 Å². The van der Waals surface area contributed by atoms with Crippen molar-refractivity contribution in [3.8, 4) is 5.75 Å². The van der Waals surface area contributed by atoms with Gasteiger partial charge >= 0.3 is 0 Å². The van der Waals surface area contributed by atoms with E-state index in [1.165, 1.54) is 17.8 Å². The first kappa shape index (κ1) is 24.3. The van der Waals surface area contributed by atoms with Crippen molar-refractivity contribution in [1.29, 1.82) is 0 Å². The van der Waals surface area contributed by atoms with Crippen molar-refractivity contribution in [3.05, 3.63) is 71.0 Å². The zero-order valence-electron chi connectivity index (χ0n) is 18.2. The Morgan fingerprint density at radius 1 is 1.15 bits per heavy atom. The number of nitrogens with one attached hydrogen (secondary N) is 2. The molecule has 0 unspecified atom stereocenters. The number of thioether (sulfide) groups is 1. The van der Waals surface area contributed by atoms with Crippen LogP contribution in [0.1, 0.15) is 18.3 Å². The molecule has 0 saturated carbocycles. The van der Waals surface area contributed by atoms with E-state index in [1.807, 2.05) is 25.1 Å². The molecule has 0 radical (unpaired) electrons. The highest BCUT2D eigenvalue weighted by Crippen LogP contribution is 2.19. The van der Waals surface area contributed by atoms with Crippen LogP contribution in [-0.4, -0.2) is 38.9 Å². The molecule has 3 aromatic rings. The van der Waals surface area contributed by atoms with Crippen molar-refractivity contribution < 1.29 is 14.3 Å². The van der Waals surface area contributed by atoms with Crippen LogP contribution in [0.3, 0.4) is 0 Å². The highest BCUT2D eigenvalue weighted by molar-refractivity contribution is 7.99. The van der Waals surface area contributed by atoms with Crippen molar-refractivity contribution in [2.45, 2.75) is 18.6 Å². The van der Waals surface area contributed by atoms with Gasteiger partial charge < -0.3 is 19.9 Å². The zero-order valence-corrected chi connectivity index (χ0v) is 19.8. The van der Waals surface area contributed by atoms with Gasteiger partial charge in [0.2, 0.25) is 11.8 Å². The molecule has 0 aliphatic heterocycles. The first-order valence-electron chi connectivity index (χ1n) is 10.2. The summed E-state index contributed by atoms with van der Waals surface area (Å²) in [6, 6.07) is 14.4. The van der Waals surface area contributed by atoms with Crippen LogP contribution in [0.2, 0.25) is 5.02 Å². The summed E-state index contributed by atoms with van der Waals surface area (Å²) in [6.45, 7) is 2.71. The number of hydrogen-bond acceptors (Lipinski definition) is 6. The monoisotopic (exact) mass is 485 g/mol. The average Bonchev–Trinajstić information content (AvgIpc) is 3.16. The standard InChI is InChI=1S/C23H24ClN5O3S/c1-3-32-18-11-9-17(10-12-18)26-22(31)15-33-23-28-27-20(29(23)2)14-25-21(30)13-8-16-6-4-5-7-19(16)24/h4-13H,3,14-15H2,1-2H3,(H,25,30)(H,26,31)/b13-8+. The van der Waals surface area contributed by atoms with Gasteiger partial charge in [-0.25, -0.2) is 0 Å². The Bertz CT molecular complexity index is 1130. The number of carbonyl (C=O) groups is 2.